The maximum atomic E-state index is 12.9. The predicted octanol–water partition coefficient (Wildman–Crippen LogP) is 3.60. The number of aromatic nitrogens is 3. The van der Waals surface area contributed by atoms with Gasteiger partial charge in [0.05, 0.1) is 22.7 Å². The first-order valence-electron chi connectivity index (χ1n) is 8.89. The minimum Gasteiger partial charge on any atom is -0.248 e. The summed E-state index contributed by atoms with van der Waals surface area (Å²) in [6, 6.07) is 10.8. The van der Waals surface area contributed by atoms with Crippen LogP contribution in [0.4, 0.5) is 13.2 Å². The summed E-state index contributed by atoms with van der Waals surface area (Å²) >= 11 is 0. The molecule has 2 heterocycles. The average Bonchev–Trinajstić information content (AvgIpc) is 3.39. The van der Waals surface area contributed by atoms with Crippen LogP contribution in [0.15, 0.2) is 65.8 Å². The van der Waals surface area contributed by atoms with E-state index in [1.165, 1.54) is 34.6 Å². The predicted molar refractivity (Wildman–Crippen MR) is 99.3 cm³/mol. The normalized spacial score (nSPS) is 18.2. The van der Waals surface area contributed by atoms with E-state index >= 15 is 0 Å². The van der Waals surface area contributed by atoms with Gasteiger partial charge in [-0.2, -0.15) is 17.5 Å². The lowest BCUT2D eigenvalue weighted by Gasteiger charge is -2.17. The fraction of sp³-hybridized carbons (Fsp3) is 0.263. The van der Waals surface area contributed by atoms with Crippen molar-refractivity contribution < 1.29 is 21.6 Å². The van der Waals surface area contributed by atoms with Gasteiger partial charge in [-0.1, -0.05) is 29.5 Å². The van der Waals surface area contributed by atoms with Gasteiger partial charge in [0.2, 0.25) is 10.0 Å². The Bertz CT molecular complexity index is 1100. The molecule has 1 aromatic heterocycles. The molecule has 2 aromatic carbocycles. The molecule has 6 nitrogen and oxygen atoms in total. The molecule has 3 aromatic rings. The fourth-order valence-electron chi connectivity index (χ4n) is 3.40. The van der Waals surface area contributed by atoms with Gasteiger partial charge in [0, 0.05) is 19.3 Å². The summed E-state index contributed by atoms with van der Waals surface area (Å²) in [5.74, 6) is 0. The second-order valence-corrected chi connectivity index (χ2v) is 8.73. The van der Waals surface area contributed by atoms with E-state index < -0.39 is 21.8 Å². The summed E-state index contributed by atoms with van der Waals surface area (Å²) in [7, 11) is -3.70. The highest BCUT2D eigenvalue weighted by Crippen LogP contribution is 2.33. The molecule has 10 heteroatoms. The molecular weight excluding hydrogens is 405 g/mol. The maximum Gasteiger partial charge on any atom is 0.416 e. The second-order valence-electron chi connectivity index (χ2n) is 6.79. The van der Waals surface area contributed by atoms with Crippen LogP contribution in [0, 0.1) is 0 Å². The minimum absolute atomic E-state index is 0.0725. The van der Waals surface area contributed by atoms with E-state index in [2.05, 4.69) is 10.3 Å². The van der Waals surface area contributed by atoms with Gasteiger partial charge in [-0.3, -0.25) is 0 Å². The molecule has 0 amide bonds. The average molecular weight is 422 g/mol. The topological polar surface area (TPSA) is 68.1 Å². The van der Waals surface area contributed by atoms with E-state index in [0.717, 1.165) is 12.1 Å². The van der Waals surface area contributed by atoms with E-state index in [0.29, 0.717) is 30.6 Å². The highest BCUT2D eigenvalue weighted by Gasteiger charge is 2.34. The third kappa shape index (κ3) is 3.90. The zero-order chi connectivity index (χ0) is 20.6. The van der Waals surface area contributed by atoms with Crippen LogP contribution in [0.3, 0.4) is 0 Å². The Hall–Kier alpha value is -2.72. The molecule has 1 saturated heterocycles. The van der Waals surface area contributed by atoms with Crippen LogP contribution in [0.5, 0.6) is 0 Å². The number of nitrogens with zero attached hydrogens (tertiary/aromatic N) is 4. The molecule has 4 rings (SSSR count). The summed E-state index contributed by atoms with van der Waals surface area (Å²) in [6.07, 6.45) is -0.561. The molecule has 152 valence electrons. The van der Waals surface area contributed by atoms with Crippen LogP contribution in [0.25, 0.3) is 11.1 Å². The van der Waals surface area contributed by atoms with Crippen molar-refractivity contribution in [3.05, 3.63) is 66.5 Å². The van der Waals surface area contributed by atoms with Crippen LogP contribution in [-0.2, 0) is 16.2 Å². The molecule has 0 saturated carbocycles. The van der Waals surface area contributed by atoms with Crippen molar-refractivity contribution in [2.24, 2.45) is 0 Å². The number of sulfonamides is 1. The molecule has 1 aliphatic heterocycles. The second kappa shape index (κ2) is 7.27. The van der Waals surface area contributed by atoms with Gasteiger partial charge in [-0.25, -0.2) is 13.1 Å². The zero-order valence-electron chi connectivity index (χ0n) is 15.1. The quantitative estimate of drug-likeness (QED) is 0.644. The highest BCUT2D eigenvalue weighted by atomic mass is 32.2. The van der Waals surface area contributed by atoms with Crippen molar-refractivity contribution in [1.29, 1.82) is 0 Å². The van der Waals surface area contributed by atoms with Crippen LogP contribution in [0.1, 0.15) is 18.0 Å². The van der Waals surface area contributed by atoms with Crippen molar-refractivity contribution in [2.75, 3.05) is 13.1 Å². The standard InChI is InChI=1S/C19H17F3N4O2S/c20-19(21,22)16-3-1-2-15(12-16)14-4-6-18(7-5-14)29(27,28)25-10-8-17(13-25)26-11-9-23-24-26/h1-7,9,11-12,17H,8,10,13H2/t17-/m1/s1. The molecule has 0 unspecified atom stereocenters. The fourth-order valence-corrected chi connectivity index (χ4v) is 4.89. The summed E-state index contributed by atoms with van der Waals surface area (Å²) in [4.78, 5) is 0.104. The van der Waals surface area contributed by atoms with Crippen LogP contribution >= 0.6 is 0 Å². The summed E-state index contributed by atoms with van der Waals surface area (Å²) < 4.78 is 67.6. The Balaban J connectivity index is 1.55. The summed E-state index contributed by atoms with van der Waals surface area (Å²) in [5.41, 5.74) is 0.135. The number of rotatable bonds is 4. The van der Waals surface area contributed by atoms with Crippen LogP contribution < -0.4 is 0 Å². The van der Waals surface area contributed by atoms with E-state index in [1.807, 2.05) is 0 Å². The highest BCUT2D eigenvalue weighted by molar-refractivity contribution is 7.89. The molecule has 1 fully saturated rings. The molecule has 1 aliphatic rings. The largest absolute Gasteiger partial charge is 0.416 e. The molecule has 0 N–H and O–H groups in total. The van der Waals surface area contributed by atoms with Crippen LogP contribution in [0.2, 0.25) is 0 Å². The Morgan fingerprint density at radius 2 is 1.79 bits per heavy atom. The number of alkyl halides is 3. The smallest absolute Gasteiger partial charge is 0.248 e. The molecule has 0 spiro atoms. The first-order valence-corrected chi connectivity index (χ1v) is 10.3. The Kier molecular flexibility index (Phi) is 4.91. The zero-order valence-corrected chi connectivity index (χ0v) is 15.9. The van der Waals surface area contributed by atoms with E-state index in [-0.39, 0.29) is 10.9 Å². The molecule has 1 atom stereocenters. The first kappa shape index (κ1) is 19.6. The lowest BCUT2D eigenvalue weighted by molar-refractivity contribution is -0.137. The van der Waals surface area contributed by atoms with Gasteiger partial charge in [0.1, 0.15) is 0 Å². The molecule has 29 heavy (non-hydrogen) atoms. The van der Waals surface area contributed by atoms with Gasteiger partial charge >= 0.3 is 6.18 Å². The lowest BCUT2D eigenvalue weighted by Crippen LogP contribution is -2.29. The SMILES string of the molecule is O=S(=O)(c1ccc(-c2cccc(C(F)(F)F)c2)cc1)N1CC[C@@H](n2ccnn2)C1. The van der Waals surface area contributed by atoms with E-state index in [4.69, 9.17) is 0 Å². The summed E-state index contributed by atoms with van der Waals surface area (Å²) in [6.45, 7) is 0.656. The molecule has 0 bridgehead atoms. The van der Waals surface area contributed by atoms with Crippen molar-refractivity contribution in [1.82, 2.24) is 19.3 Å². The number of benzene rings is 2. The maximum absolute atomic E-state index is 12.9. The van der Waals surface area contributed by atoms with E-state index in [1.54, 1.807) is 23.1 Å². The van der Waals surface area contributed by atoms with Gasteiger partial charge in [0.25, 0.3) is 0 Å². The number of hydrogen-bond acceptors (Lipinski definition) is 4. The van der Waals surface area contributed by atoms with Crippen LogP contribution in [-0.4, -0.2) is 40.8 Å². The van der Waals surface area contributed by atoms with Crippen molar-refractivity contribution in [3.8, 4) is 11.1 Å². The summed E-state index contributed by atoms with van der Waals surface area (Å²) in [5, 5.41) is 7.67. The Morgan fingerprint density at radius 3 is 2.45 bits per heavy atom. The van der Waals surface area contributed by atoms with Gasteiger partial charge in [-0.05, 0) is 41.8 Å². The first-order chi connectivity index (χ1) is 13.7. The van der Waals surface area contributed by atoms with Crippen molar-refractivity contribution in [3.63, 3.8) is 0 Å². The number of halogens is 3. The van der Waals surface area contributed by atoms with Crippen molar-refractivity contribution in [2.45, 2.75) is 23.5 Å². The number of hydrogen-bond donors (Lipinski definition) is 0. The lowest BCUT2D eigenvalue weighted by atomic mass is 10.0. The van der Waals surface area contributed by atoms with E-state index in [9.17, 15) is 21.6 Å². The van der Waals surface area contributed by atoms with Crippen molar-refractivity contribution >= 4 is 10.0 Å². The Labute approximate surface area is 165 Å². The monoisotopic (exact) mass is 422 g/mol. The molecule has 0 radical (unpaired) electrons. The Morgan fingerprint density at radius 1 is 1.03 bits per heavy atom. The third-order valence-corrected chi connectivity index (χ3v) is 6.84. The molecule has 0 aliphatic carbocycles. The van der Waals surface area contributed by atoms with Gasteiger partial charge in [-0.15, -0.1) is 5.10 Å². The van der Waals surface area contributed by atoms with Gasteiger partial charge < -0.3 is 0 Å². The minimum atomic E-state index is -4.43. The third-order valence-electron chi connectivity index (χ3n) is 4.96. The molecular formula is C19H17F3N4O2S. The van der Waals surface area contributed by atoms with Gasteiger partial charge in [0.15, 0.2) is 0 Å².